The Kier molecular flexibility index (Phi) is 4.21. The molecule has 4 nitrogen and oxygen atoms in total. The standard InChI is InChI=1S/C11H11ClN2O2S2/c1-14(6-7-3-4-9(12)17-7)11-13-5-8(18-11)10(15)16-2/h3-5H,6H2,1-2H3. The van der Waals surface area contributed by atoms with E-state index in [9.17, 15) is 4.79 Å². The Hall–Kier alpha value is -1.11. The molecule has 0 aromatic carbocycles. The molecule has 0 bridgehead atoms. The highest BCUT2D eigenvalue weighted by Gasteiger charge is 2.13. The van der Waals surface area contributed by atoms with E-state index in [1.54, 1.807) is 0 Å². The molecule has 18 heavy (non-hydrogen) atoms. The Labute approximate surface area is 118 Å². The number of rotatable bonds is 4. The molecule has 2 heterocycles. The molecule has 2 aromatic rings. The number of aromatic nitrogens is 1. The van der Waals surface area contributed by atoms with Crippen molar-refractivity contribution in [3.63, 3.8) is 0 Å². The van der Waals surface area contributed by atoms with Gasteiger partial charge in [-0.1, -0.05) is 22.9 Å². The van der Waals surface area contributed by atoms with Gasteiger partial charge in [0.25, 0.3) is 0 Å². The molecule has 0 atom stereocenters. The largest absolute Gasteiger partial charge is 0.465 e. The summed E-state index contributed by atoms with van der Waals surface area (Å²) in [6.07, 6.45) is 1.53. The lowest BCUT2D eigenvalue weighted by atomic mass is 10.4. The summed E-state index contributed by atoms with van der Waals surface area (Å²) in [7, 11) is 3.28. The SMILES string of the molecule is COC(=O)c1cnc(N(C)Cc2ccc(Cl)s2)s1. The zero-order valence-corrected chi connectivity index (χ0v) is 12.2. The zero-order valence-electron chi connectivity index (χ0n) is 9.84. The predicted molar refractivity (Wildman–Crippen MR) is 74.9 cm³/mol. The maximum atomic E-state index is 11.3. The molecule has 0 radical (unpaired) electrons. The van der Waals surface area contributed by atoms with Crippen LogP contribution in [0.1, 0.15) is 14.5 Å². The van der Waals surface area contributed by atoms with Crippen molar-refractivity contribution in [2.24, 2.45) is 0 Å². The molecular formula is C11H11ClN2O2S2. The second-order valence-electron chi connectivity index (χ2n) is 3.56. The summed E-state index contributed by atoms with van der Waals surface area (Å²) >= 11 is 8.73. The fourth-order valence-corrected chi connectivity index (χ4v) is 3.31. The lowest BCUT2D eigenvalue weighted by Gasteiger charge is -2.13. The van der Waals surface area contributed by atoms with Crippen LogP contribution < -0.4 is 4.90 Å². The van der Waals surface area contributed by atoms with Crippen molar-refractivity contribution < 1.29 is 9.53 Å². The molecule has 0 unspecified atom stereocenters. The Morgan fingerprint density at radius 1 is 1.50 bits per heavy atom. The number of nitrogens with zero attached hydrogens (tertiary/aromatic N) is 2. The third-order valence-electron chi connectivity index (χ3n) is 2.23. The molecule has 96 valence electrons. The zero-order chi connectivity index (χ0) is 13.1. The number of hydrogen-bond donors (Lipinski definition) is 0. The number of halogens is 1. The Balaban J connectivity index is 2.07. The number of esters is 1. The van der Waals surface area contributed by atoms with Crippen LogP contribution in [-0.4, -0.2) is 25.1 Å². The third kappa shape index (κ3) is 3.01. The van der Waals surface area contributed by atoms with E-state index in [4.69, 9.17) is 11.6 Å². The number of hydrogen-bond acceptors (Lipinski definition) is 6. The maximum absolute atomic E-state index is 11.3. The summed E-state index contributed by atoms with van der Waals surface area (Å²) in [5.74, 6) is -0.355. The third-order valence-corrected chi connectivity index (χ3v) is 4.54. The first-order valence-corrected chi connectivity index (χ1v) is 7.10. The monoisotopic (exact) mass is 302 g/mol. The maximum Gasteiger partial charge on any atom is 0.349 e. The molecule has 0 N–H and O–H groups in total. The van der Waals surface area contributed by atoms with Crippen LogP contribution in [0.5, 0.6) is 0 Å². The average Bonchev–Trinajstić information content (AvgIpc) is 2.97. The molecule has 0 amide bonds. The molecule has 0 saturated carbocycles. The van der Waals surface area contributed by atoms with E-state index in [1.807, 2.05) is 24.1 Å². The van der Waals surface area contributed by atoms with E-state index in [2.05, 4.69) is 9.72 Å². The number of methoxy groups -OCH3 is 1. The summed E-state index contributed by atoms with van der Waals surface area (Å²) in [4.78, 5) is 19.2. The van der Waals surface area contributed by atoms with Gasteiger partial charge in [0.15, 0.2) is 5.13 Å². The molecule has 0 fully saturated rings. The molecule has 0 spiro atoms. The number of thiophene rings is 1. The van der Waals surface area contributed by atoms with Crippen molar-refractivity contribution in [3.05, 3.63) is 32.4 Å². The van der Waals surface area contributed by atoms with Crippen molar-refractivity contribution in [3.8, 4) is 0 Å². The van der Waals surface area contributed by atoms with E-state index in [0.29, 0.717) is 11.4 Å². The van der Waals surface area contributed by atoms with Gasteiger partial charge in [0, 0.05) is 11.9 Å². The number of anilines is 1. The number of carbonyl (C=O) groups excluding carboxylic acids is 1. The van der Waals surface area contributed by atoms with Gasteiger partial charge in [-0.2, -0.15) is 0 Å². The number of carbonyl (C=O) groups is 1. The van der Waals surface area contributed by atoms with Gasteiger partial charge in [0.05, 0.1) is 24.2 Å². The fourth-order valence-electron chi connectivity index (χ4n) is 1.37. The molecule has 2 rings (SSSR count). The van der Waals surface area contributed by atoms with E-state index in [0.717, 1.165) is 14.3 Å². The molecule has 0 aliphatic rings. The highest BCUT2D eigenvalue weighted by Crippen LogP contribution is 2.27. The van der Waals surface area contributed by atoms with Crippen molar-refractivity contribution in [2.45, 2.75) is 6.54 Å². The molecule has 0 aliphatic carbocycles. The van der Waals surface area contributed by atoms with Gasteiger partial charge >= 0.3 is 5.97 Å². The van der Waals surface area contributed by atoms with Crippen molar-refractivity contribution in [2.75, 3.05) is 19.1 Å². The summed E-state index contributed by atoms with van der Waals surface area (Å²) in [6.45, 7) is 0.714. The Morgan fingerprint density at radius 2 is 2.28 bits per heavy atom. The van der Waals surface area contributed by atoms with Crippen LogP contribution in [0.3, 0.4) is 0 Å². The quantitative estimate of drug-likeness (QED) is 0.813. The molecule has 2 aromatic heterocycles. The first-order chi connectivity index (χ1) is 8.60. The van der Waals surface area contributed by atoms with Crippen molar-refractivity contribution >= 4 is 45.4 Å². The Morgan fingerprint density at radius 3 is 2.89 bits per heavy atom. The van der Waals surface area contributed by atoms with Crippen molar-refractivity contribution in [1.82, 2.24) is 4.98 Å². The minimum absolute atomic E-state index is 0.355. The lowest BCUT2D eigenvalue weighted by Crippen LogP contribution is -2.14. The molecule has 0 saturated heterocycles. The smallest absolute Gasteiger partial charge is 0.349 e. The van der Waals surface area contributed by atoms with Crippen LogP contribution in [0.15, 0.2) is 18.3 Å². The van der Waals surface area contributed by atoms with Gasteiger partial charge in [-0.15, -0.1) is 11.3 Å². The van der Waals surface area contributed by atoms with Gasteiger partial charge in [-0.25, -0.2) is 9.78 Å². The predicted octanol–water partition coefficient (Wildman–Crippen LogP) is 3.28. The number of ether oxygens (including phenoxy) is 1. The van der Waals surface area contributed by atoms with Crippen LogP contribution >= 0.6 is 34.3 Å². The summed E-state index contributed by atoms with van der Waals surface area (Å²) < 4.78 is 5.42. The molecule has 7 heteroatoms. The van der Waals surface area contributed by atoms with E-state index < -0.39 is 0 Å². The minimum atomic E-state index is -0.355. The van der Waals surface area contributed by atoms with E-state index in [1.165, 1.54) is 36.0 Å². The molecule has 0 aliphatic heterocycles. The first kappa shape index (κ1) is 13.3. The number of thiazole rings is 1. The van der Waals surface area contributed by atoms with Gasteiger partial charge in [-0.05, 0) is 12.1 Å². The molecular weight excluding hydrogens is 292 g/mol. The van der Waals surface area contributed by atoms with E-state index in [-0.39, 0.29) is 5.97 Å². The minimum Gasteiger partial charge on any atom is -0.465 e. The average molecular weight is 303 g/mol. The first-order valence-electron chi connectivity index (χ1n) is 5.09. The summed E-state index contributed by atoms with van der Waals surface area (Å²) in [6, 6.07) is 3.86. The van der Waals surface area contributed by atoms with Crippen LogP contribution in [-0.2, 0) is 11.3 Å². The van der Waals surface area contributed by atoms with E-state index >= 15 is 0 Å². The summed E-state index contributed by atoms with van der Waals surface area (Å²) in [5.41, 5.74) is 0. The normalized spacial score (nSPS) is 10.4. The van der Waals surface area contributed by atoms with Gasteiger partial charge in [0.2, 0.25) is 0 Å². The highest BCUT2D eigenvalue weighted by molar-refractivity contribution is 7.17. The Bertz CT molecular complexity index is 553. The van der Waals surface area contributed by atoms with Gasteiger partial charge < -0.3 is 9.64 Å². The van der Waals surface area contributed by atoms with Gasteiger partial charge in [-0.3, -0.25) is 0 Å². The summed E-state index contributed by atoms with van der Waals surface area (Å²) in [5, 5.41) is 0.778. The van der Waals surface area contributed by atoms with Crippen molar-refractivity contribution in [1.29, 1.82) is 0 Å². The van der Waals surface area contributed by atoms with Crippen LogP contribution in [0.25, 0.3) is 0 Å². The second kappa shape index (κ2) is 5.69. The second-order valence-corrected chi connectivity index (χ2v) is 6.37. The van der Waals surface area contributed by atoms with Gasteiger partial charge in [0.1, 0.15) is 4.88 Å². The van der Waals surface area contributed by atoms with Crippen LogP contribution in [0.4, 0.5) is 5.13 Å². The lowest BCUT2D eigenvalue weighted by molar-refractivity contribution is 0.0606. The van der Waals surface area contributed by atoms with Crippen LogP contribution in [0.2, 0.25) is 4.34 Å². The van der Waals surface area contributed by atoms with Crippen LogP contribution in [0, 0.1) is 0 Å². The fraction of sp³-hybridized carbons (Fsp3) is 0.273. The highest BCUT2D eigenvalue weighted by atomic mass is 35.5. The topological polar surface area (TPSA) is 42.4 Å².